The second kappa shape index (κ2) is 8.41. The van der Waals surface area contributed by atoms with Crippen LogP contribution in [0.15, 0.2) is 46.0 Å². The first-order chi connectivity index (χ1) is 12.1. The number of hydrogen-bond donors (Lipinski definition) is 0. The van der Waals surface area contributed by atoms with E-state index in [9.17, 15) is 21.6 Å². The van der Waals surface area contributed by atoms with Crippen molar-refractivity contribution in [2.75, 3.05) is 13.2 Å². The summed E-state index contributed by atoms with van der Waals surface area (Å²) in [6, 6.07) is 7.04. The zero-order valence-electron chi connectivity index (χ0n) is 14.4. The van der Waals surface area contributed by atoms with E-state index in [1.54, 1.807) is 16.8 Å². The average molecular weight is 407 g/mol. The first-order valence-corrected chi connectivity index (χ1v) is 10.3. The van der Waals surface area contributed by atoms with Gasteiger partial charge in [0.05, 0.1) is 11.5 Å². The number of halogens is 3. The molecule has 1 aromatic carbocycles. The minimum atomic E-state index is -4.64. The summed E-state index contributed by atoms with van der Waals surface area (Å²) in [5, 5.41) is 3.32. The van der Waals surface area contributed by atoms with Crippen LogP contribution in [0, 0.1) is 5.92 Å². The maximum Gasteiger partial charge on any atom is 0.402 e. The summed E-state index contributed by atoms with van der Waals surface area (Å²) < 4.78 is 70.0. The Balaban J connectivity index is 2.24. The molecule has 1 heterocycles. The zero-order valence-corrected chi connectivity index (χ0v) is 16.0. The minimum Gasteiger partial charge on any atom is -0.493 e. The van der Waals surface area contributed by atoms with E-state index in [0.717, 1.165) is 0 Å². The lowest BCUT2D eigenvalue weighted by atomic mass is 10.2. The van der Waals surface area contributed by atoms with Gasteiger partial charge in [0.1, 0.15) is 12.3 Å². The van der Waals surface area contributed by atoms with Crippen molar-refractivity contribution in [2.45, 2.75) is 31.5 Å². The molecular formula is C17H20F3NO3S2. The van der Waals surface area contributed by atoms with Crippen LogP contribution in [0.3, 0.4) is 0 Å². The number of sulfonamides is 1. The van der Waals surface area contributed by atoms with Crippen molar-refractivity contribution in [3.63, 3.8) is 0 Å². The van der Waals surface area contributed by atoms with E-state index in [2.05, 4.69) is 0 Å². The number of nitrogens with zero attached hydrogens (tertiary/aromatic N) is 1. The second-order valence-electron chi connectivity index (χ2n) is 6.20. The molecule has 144 valence electrons. The molecule has 0 bridgehead atoms. The standard InChI is InChI=1S/C17H20F3NO3S2/c1-13(2)10-24-15-3-5-16(6-4-15)26(22,23)21(12-17(18,19)20)9-14-7-8-25-11-14/h3-8,11,13H,9-10,12H2,1-2H3. The second-order valence-corrected chi connectivity index (χ2v) is 8.91. The Labute approximate surface area is 155 Å². The van der Waals surface area contributed by atoms with Gasteiger partial charge >= 0.3 is 6.18 Å². The highest BCUT2D eigenvalue weighted by molar-refractivity contribution is 7.89. The smallest absolute Gasteiger partial charge is 0.402 e. The van der Waals surface area contributed by atoms with E-state index in [1.165, 1.54) is 35.6 Å². The molecule has 1 aromatic heterocycles. The van der Waals surface area contributed by atoms with Crippen LogP contribution < -0.4 is 4.74 Å². The first-order valence-electron chi connectivity index (χ1n) is 7.89. The Morgan fingerprint density at radius 3 is 2.31 bits per heavy atom. The first kappa shape index (κ1) is 20.7. The van der Waals surface area contributed by atoms with Gasteiger partial charge in [-0.05, 0) is 52.6 Å². The molecule has 0 amide bonds. The SMILES string of the molecule is CC(C)COc1ccc(S(=O)(=O)N(Cc2ccsc2)CC(F)(F)F)cc1. The number of ether oxygens (including phenoxy) is 1. The Hall–Kier alpha value is -1.58. The molecule has 0 saturated heterocycles. The highest BCUT2D eigenvalue weighted by Gasteiger charge is 2.37. The molecular weight excluding hydrogens is 387 g/mol. The maximum atomic E-state index is 12.9. The summed E-state index contributed by atoms with van der Waals surface area (Å²) in [5.41, 5.74) is 0.514. The van der Waals surface area contributed by atoms with Gasteiger partial charge in [0.2, 0.25) is 10.0 Å². The molecule has 0 saturated carbocycles. The monoisotopic (exact) mass is 407 g/mol. The van der Waals surface area contributed by atoms with Gasteiger partial charge in [0.15, 0.2) is 0 Å². The Bertz CT molecular complexity index is 786. The third-order valence-electron chi connectivity index (χ3n) is 3.34. The molecule has 0 fully saturated rings. The van der Waals surface area contributed by atoms with Crippen LogP contribution in [0.25, 0.3) is 0 Å². The third kappa shape index (κ3) is 6.00. The van der Waals surface area contributed by atoms with Crippen molar-refractivity contribution in [2.24, 2.45) is 5.92 Å². The molecule has 2 rings (SSSR count). The predicted molar refractivity (Wildman–Crippen MR) is 94.7 cm³/mol. The lowest BCUT2D eigenvalue weighted by Gasteiger charge is -2.23. The Morgan fingerprint density at radius 1 is 1.15 bits per heavy atom. The lowest BCUT2D eigenvalue weighted by molar-refractivity contribution is -0.136. The highest BCUT2D eigenvalue weighted by atomic mass is 32.2. The third-order valence-corrected chi connectivity index (χ3v) is 5.88. The Morgan fingerprint density at radius 2 is 1.81 bits per heavy atom. The average Bonchev–Trinajstić information content (AvgIpc) is 3.04. The molecule has 0 aliphatic heterocycles. The van der Waals surface area contributed by atoms with Crippen LogP contribution in [0.4, 0.5) is 13.2 Å². The molecule has 0 aliphatic carbocycles. The van der Waals surface area contributed by atoms with Gasteiger partial charge in [-0.3, -0.25) is 0 Å². The van der Waals surface area contributed by atoms with Gasteiger partial charge in [-0.25, -0.2) is 8.42 Å². The summed E-state index contributed by atoms with van der Waals surface area (Å²) in [5.74, 6) is 0.768. The van der Waals surface area contributed by atoms with Crippen LogP contribution >= 0.6 is 11.3 Å². The highest BCUT2D eigenvalue weighted by Crippen LogP contribution is 2.26. The van der Waals surface area contributed by atoms with E-state index in [0.29, 0.717) is 28.1 Å². The van der Waals surface area contributed by atoms with Gasteiger partial charge in [0.25, 0.3) is 0 Å². The number of rotatable bonds is 8. The lowest BCUT2D eigenvalue weighted by Crippen LogP contribution is -2.38. The van der Waals surface area contributed by atoms with Crippen molar-refractivity contribution in [3.8, 4) is 5.75 Å². The summed E-state index contributed by atoms with van der Waals surface area (Å²) in [6.07, 6.45) is -4.64. The van der Waals surface area contributed by atoms with Gasteiger partial charge in [-0.1, -0.05) is 13.8 Å². The number of benzene rings is 1. The van der Waals surface area contributed by atoms with Crippen LogP contribution in [0.2, 0.25) is 0 Å². The summed E-state index contributed by atoms with van der Waals surface area (Å²) >= 11 is 1.30. The minimum absolute atomic E-state index is 0.200. The number of hydrogen-bond acceptors (Lipinski definition) is 4. The largest absolute Gasteiger partial charge is 0.493 e. The molecule has 0 unspecified atom stereocenters. The van der Waals surface area contributed by atoms with E-state index >= 15 is 0 Å². The van der Waals surface area contributed by atoms with E-state index in [4.69, 9.17) is 4.74 Å². The van der Waals surface area contributed by atoms with E-state index in [1.807, 2.05) is 13.8 Å². The molecule has 9 heteroatoms. The number of thiophene rings is 1. The summed E-state index contributed by atoms with van der Waals surface area (Å²) in [7, 11) is -4.30. The molecule has 0 atom stereocenters. The molecule has 4 nitrogen and oxygen atoms in total. The van der Waals surface area contributed by atoms with Gasteiger partial charge in [-0.15, -0.1) is 0 Å². The normalized spacial score (nSPS) is 12.7. The topological polar surface area (TPSA) is 46.6 Å². The van der Waals surface area contributed by atoms with Crippen LogP contribution in [-0.2, 0) is 16.6 Å². The fourth-order valence-electron chi connectivity index (χ4n) is 2.13. The van der Waals surface area contributed by atoms with Crippen molar-refractivity contribution < 1.29 is 26.3 Å². The van der Waals surface area contributed by atoms with E-state index < -0.39 is 22.7 Å². The fraction of sp³-hybridized carbons (Fsp3) is 0.412. The van der Waals surface area contributed by atoms with Gasteiger partial charge < -0.3 is 4.74 Å². The molecule has 2 aromatic rings. The quantitative estimate of drug-likeness (QED) is 0.646. The molecule has 0 spiro atoms. The van der Waals surface area contributed by atoms with E-state index in [-0.39, 0.29) is 11.4 Å². The van der Waals surface area contributed by atoms with Crippen LogP contribution in [0.5, 0.6) is 5.75 Å². The molecule has 0 aliphatic rings. The summed E-state index contributed by atoms with van der Waals surface area (Å²) in [4.78, 5) is -0.200. The summed E-state index contributed by atoms with van der Waals surface area (Å²) in [6.45, 7) is 2.52. The van der Waals surface area contributed by atoms with Crippen molar-refractivity contribution >= 4 is 21.4 Å². The maximum absolute atomic E-state index is 12.9. The van der Waals surface area contributed by atoms with Gasteiger partial charge in [-0.2, -0.15) is 28.8 Å². The number of alkyl halides is 3. The van der Waals surface area contributed by atoms with Crippen molar-refractivity contribution in [1.82, 2.24) is 4.31 Å². The van der Waals surface area contributed by atoms with Gasteiger partial charge in [0, 0.05) is 6.54 Å². The van der Waals surface area contributed by atoms with Crippen LogP contribution in [-0.4, -0.2) is 32.1 Å². The van der Waals surface area contributed by atoms with Crippen LogP contribution in [0.1, 0.15) is 19.4 Å². The fourth-order valence-corrected chi connectivity index (χ4v) is 4.21. The van der Waals surface area contributed by atoms with Crippen molar-refractivity contribution in [1.29, 1.82) is 0 Å². The predicted octanol–water partition coefficient (Wildman–Crippen LogP) is 4.54. The molecule has 26 heavy (non-hydrogen) atoms. The van der Waals surface area contributed by atoms with Crippen molar-refractivity contribution in [3.05, 3.63) is 46.7 Å². The molecule has 0 radical (unpaired) electrons. The Kier molecular flexibility index (Phi) is 6.70. The molecule has 0 N–H and O–H groups in total. The zero-order chi connectivity index (χ0) is 19.4.